The molecule has 2 aromatic rings. The number of aromatic nitrogens is 2. The summed E-state index contributed by atoms with van der Waals surface area (Å²) in [7, 11) is 0. The zero-order valence-corrected chi connectivity index (χ0v) is 17.8. The molecule has 156 valence electrons. The van der Waals surface area contributed by atoms with Crippen molar-refractivity contribution in [3.63, 3.8) is 0 Å². The highest BCUT2D eigenvalue weighted by atomic mass is 16.5. The van der Waals surface area contributed by atoms with Crippen molar-refractivity contribution < 1.29 is 9.53 Å². The Labute approximate surface area is 173 Å². The summed E-state index contributed by atoms with van der Waals surface area (Å²) in [5.74, 6) is 1.46. The number of ether oxygens (including phenoxy) is 1. The third-order valence-electron chi connectivity index (χ3n) is 6.29. The van der Waals surface area contributed by atoms with Crippen LogP contribution in [0.4, 0.5) is 0 Å². The first-order valence-corrected chi connectivity index (χ1v) is 10.8. The molecule has 2 aliphatic heterocycles. The second-order valence-corrected chi connectivity index (χ2v) is 8.40. The molecule has 3 heterocycles. The Hall–Kier alpha value is -2.34. The Morgan fingerprint density at radius 3 is 2.86 bits per heavy atom. The molecule has 0 bridgehead atoms. The maximum absolute atomic E-state index is 12.2. The predicted molar refractivity (Wildman–Crippen MR) is 113 cm³/mol. The Bertz CT molecular complexity index is 862. The van der Waals surface area contributed by atoms with Crippen LogP contribution < -0.4 is 4.74 Å². The van der Waals surface area contributed by atoms with Crippen molar-refractivity contribution >= 4 is 5.91 Å². The molecule has 1 amide bonds. The fourth-order valence-corrected chi connectivity index (χ4v) is 4.58. The Morgan fingerprint density at radius 1 is 1.28 bits per heavy atom. The quantitative estimate of drug-likeness (QED) is 0.796. The third-order valence-corrected chi connectivity index (χ3v) is 6.29. The number of fused-ring (bicyclic) bond motifs is 1. The van der Waals surface area contributed by atoms with Crippen molar-refractivity contribution in [2.75, 3.05) is 19.6 Å². The highest BCUT2D eigenvalue weighted by Crippen LogP contribution is 2.31. The van der Waals surface area contributed by atoms with E-state index in [-0.39, 0.29) is 12.0 Å². The highest BCUT2D eigenvalue weighted by molar-refractivity contribution is 5.73. The first-order valence-electron chi connectivity index (χ1n) is 10.8. The molecular formula is C23H32N4O2. The van der Waals surface area contributed by atoms with E-state index in [1.807, 2.05) is 27.8 Å². The van der Waals surface area contributed by atoms with E-state index in [0.29, 0.717) is 19.0 Å². The summed E-state index contributed by atoms with van der Waals surface area (Å²) >= 11 is 0. The number of nitrogens with zero attached hydrogens (tertiary/aromatic N) is 4. The molecule has 2 aliphatic rings. The Kier molecular flexibility index (Phi) is 5.90. The molecule has 29 heavy (non-hydrogen) atoms. The van der Waals surface area contributed by atoms with Crippen LogP contribution in [0.2, 0.25) is 0 Å². The van der Waals surface area contributed by atoms with Crippen LogP contribution in [0.5, 0.6) is 5.75 Å². The minimum absolute atomic E-state index is 0.0322. The molecule has 2 atom stereocenters. The summed E-state index contributed by atoms with van der Waals surface area (Å²) in [6.45, 7) is 11.1. The van der Waals surface area contributed by atoms with E-state index >= 15 is 0 Å². The maximum atomic E-state index is 12.2. The number of rotatable bonds is 4. The van der Waals surface area contributed by atoms with E-state index < -0.39 is 0 Å². The van der Waals surface area contributed by atoms with Gasteiger partial charge in [-0.1, -0.05) is 18.2 Å². The van der Waals surface area contributed by atoms with Gasteiger partial charge >= 0.3 is 0 Å². The Morgan fingerprint density at radius 2 is 2.10 bits per heavy atom. The van der Waals surface area contributed by atoms with Gasteiger partial charge in [-0.3, -0.25) is 14.4 Å². The van der Waals surface area contributed by atoms with Crippen molar-refractivity contribution in [1.29, 1.82) is 0 Å². The van der Waals surface area contributed by atoms with E-state index in [4.69, 9.17) is 4.74 Å². The van der Waals surface area contributed by atoms with Crippen LogP contribution in [0.25, 0.3) is 0 Å². The number of hydrogen-bond donors (Lipinski definition) is 0. The van der Waals surface area contributed by atoms with Gasteiger partial charge in [0.25, 0.3) is 0 Å². The van der Waals surface area contributed by atoms with Crippen molar-refractivity contribution in [1.82, 2.24) is 19.6 Å². The molecule has 0 N–H and O–H groups in total. The summed E-state index contributed by atoms with van der Waals surface area (Å²) in [6, 6.07) is 8.13. The monoisotopic (exact) mass is 396 g/mol. The third kappa shape index (κ3) is 4.47. The molecule has 0 aliphatic carbocycles. The molecule has 0 saturated carbocycles. The van der Waals surface area contributed by atoms with Gasteiger partial charge in [0.15, 0.2) is 0 Å². The summed E-state index contributed by atoms with van der Waals surface area (Å²) in [4.78, 5) is 16.7. The van der Waals surface area contributed by atoms with E-state index in [1.165, 1.54) is 5.56 Å². The van der Waals surface area contributed by atoms with Crippen molar-refractivity contribution in [2.45, 2.75) is 59.4 Å². The largest absolute Gasteiger partial charge is 0.488 e. The fourth-order valence-electron chi connectivity index (χ4n) is 4.58. The van der Waals surface area contributed by atoms with Gasteiger partial charge in [0, 0.05) is 56.3 Å². The van der Waals surface area contributed by atoms with E-state index in [9.17, 15) is 4.79 Å². The van der Waals surface area contributed by atoms with E-state index in [2.05, 4.69) is 36.1 Å². The van der Waals surface area contributed by atoms with Crippen LogP contribution in [0, 0.1) is 12.8 Å². The first-order chi connectivity index (χ1) is 14.0. The lowest BCUT2D eigenvalue weighted by Gasteiger charge is -2.37. The number of likely N-dealkylation sites (tertiary alicyclic amines) is 1. The number of amides is 1. The van der Waals surface area contributed by atoms with Crippen LogP contribution in [0.15, 0.2) is 30.5 Å². The standard InChI is InChI=1S/C23H32N4O2/c1-4-27-15-21(17(2)24-27)13-25-11-7-9-19(12-25)23-16-26(18(3)28)14-20-8-5-6-10-22(20)29-23/h5-6,8,10,15,19,23H,4,7,9,11-14,16H2,1-3H3. The predicted octanol–water partition coefficient (Wildman–Crippen LogP) is 3.23. The summed E-state index contributed by atoms with van der Waals surface area (Å²) in [5, 5.41) is 4.59. The number of benzene rings is 1. The minimum Gasteiger partial charge on any atom is -0.488 e. The minimum atomic E-state index is 0.0322. The van der Waals surface area contributed by atoms with E-state index in [0.717, 1.165) is 56.0 Å². The van der Waals surface area contributed by atoms with Crippen molar-refractivity contribution in [3.05, 3.63) is 47.3 Å². The highest BCUT2D eigenvalue weighted by Gasteiger charge is 2.33. The molecule has 1 aromatic heterocycles. The van der Waals surface area contributed by atoms with Gasteiger partial charge in [0.1, 0.15) is 11.9 Å². The molecule has 1 saturated heterocycles. The van der Waals surface area contributed by atoms with Gasteiger partial charge in [0.2, 0.25) is 5.91 Å². The maximum Gasteiger partial charge on any atom is 0.219 e. The zero-order chi connectivity index (χ0) is 20.4. The molecule has 0 radical (unpaired) electrons. The van der Waals surface area contributed by atoms with Gasteiger partial charge in [-0.25, -0.2) is 0 Å². The molecule has 2 unspecified atom stereocenters. The number of para-hydroxylation sites is 1. The zero-order valence-electron chi connectivity index (χ0n) is 17.8. The number of carbonyl (C=O) groups excluding carboxylic acids is 1. The van der Waals surface area contributed by atoms with Crippen LogP contribution in [0.3, 0.4) is 0 Å². The average Bonchev–Trinajstić information content (AvgIpc) is 2.95. The smallest absolute Gasteiger partial charge is 0.219 e. The van der Waals surface area contributed by atoms with Gasteiger partial charge in [0.05, 0.1) is 12.2 Å². The summed E-state index contributed by atoms with van der Waals surface area (Å²) in [5.41, 5.74) is 3.53. The molecule has 0 spiro atoms. The van der Waals surface area contributed by atoms with Gasteiger partial charge < -0.3 is 9.64 Å². The fraction of sp³-hybridized carbons (Fsp3) is 0.565. The molecule has 4 rings (SSSR count). The molecule has 1 fully saturated rings. The van der Waals surface area contributed by atoms with Gasteiger partial charge in [-0.05, 0) is 39.3 Å². The molecule has 1 aromatic carbocycles. The topological polar surface area (TPSA) is 50.6 Å². The molecule has 6 heteroatoms. The van der Waals surface area contributed by atoms with Crippen molar-refractivity contribution in [2.24, 2.45) is 5.92 Å². The van der Waals surface area contributed by atoms with Crippen LogP contribution in [0.1, 0.15) is 43.5 Å². The average molecular weight is 397 g/mol. The first kappa shape index (κ1) is 20.0. The van der Waals surface area contributed by atoms with Crippen LogP contribution in [-0.4, -0.2) is 51.2 Å². The number of piperidine rings is 1. The second-order valence-electron chi connectivity index (χ2n) is 8.40. The Balaban J connectivity index is 1.49. The van der Waals surface area contributed by atoms with Gasteiger partial charge in [-0.2, -0.15) is 5.10 Å². The number of aryl methyl sites for hydroxylation is 2. The number of carbonyl (C=O) groups is 1. The van der Waals surface area contributed by atoms with Crippen LogP contribution in [-0.2, 0) is 24.4 Å². The molecule has 6 nitrogen and oxygen atoms in total. The SMILES string of the molecule is CCn1cc(CN2CCCC(C3CN(C(C)=O)Cc4ccccc4O3)C2)c(C)n1. The van der Waals surface area contributed by atoms with Crippen molar-refractivity contribution in [3.8, 4) is 5.75 Å². The lowest BCUT2D eigenvalue weighted by molar-refractivity contribution is -0.130. The molecular weight excluding hydrogens is 364 g/mol. The lowest BCUT2D eigenvalue weighted by atomic mass is 9.91. The number of hydrogen-bond acceptors (Lipinski definition) is 4. The van der Waals surface area contributed by atoms with Crippen LogP contribution >= 0.6 is 0 Å². The lowest BCUT2D eigenvalue weighted by Crippen LogP contribution is -2.46. The second kappa shape index (κ2) is 8.57. The normalized spacial score (nSPS) is 22.7. The van der Waals surface area contributed by atoms with E-state index in [1.54, 1.807) is 6.92 Å². The summed E-state index contributed by atoms with van der Waals surface area (Å²) in [6.07, 6.45) is 4.51. The van der Waals surface area contributed by atoms with Gasteiger partial charge in [-0.15, -0.1) is 0 Å². The summed E-state index contributed by atoms with van der Waals surface area (Å²) < 4.78 is 8.50.